The summed E-state index contributed by atoms with van der Waals surface area (Å²) in [6.07, 6.45) is 1.66. The molecule has 0 aliphatic carbocycles. The summed E-state index contributed by atoms with van der Waals surface area (Å²) in [5, 5.41) is 3.63. The molecule has 2 nitrogen and oxygen atoms in total. The third-order valence-corrected chi connectivity index (χ3v) is 3.65. The van der Waals surface area contributed by atoms with Crippen molar-refractivity contribution >= 4 is 33.2 Å². The molecule has 0 saturated heterocycles. The van der Waals surface area contributed by atoms with Gasteiger partial charge in [-0.05, 0) is 46.1 Å². The van der Waals surface area contributed by atoms with Crippen LogP contribution in [0, 0.1) is 12.7 Å². The fraction of sp³-hybridized carbons (Fsp3) is 0.154. The number of hydrogen-bond acceptors (Lipinski definition) is 2. The van der Waals surface area contributed by atoms with E-state index in [2.05, 4.69) is 26.2 Å². The van der Waals surface area contributed by atoms with E-state index in [-0.39, 0.29) is 5.82 Å². The summed E-state index contributed by atoms with van der Waals surface area (Å²) in [7, 11) is 0. The Hall–Kier alpha value is -1.13. The lowest BCUT2D eigenvalue weighted by molar-refractivity contribution is 0.617. The summed E-state index contributed by atoms with van der Waals surface area (Å²) in [5.74, 6) is -0.186. The second-order valence-electron chi connectivity index (χ2n) is 3.93. The summed E-state index contributed by atoms with van der Waals surface area (Å²) in [6.45, 7) is 2.36. The van der Waals surface area contributed by atoms with Crippen molar-refractivity contribution in [3.05, 3.63) is 57.0 Å². The van der Waals surface area contributed by atoms with Gasteiger partial charge in [0.05, 0.1) is 16.4 Å². The van der Waals surface area contributed by atoms with Crippen molar-refractivity contribution in [2.24, 2.45) is 0 Å². The zero-order valence-corrected chi connectivity index (χ0v) is 12.0. The molecule has 0 bridgehead atoms. The summed E-state index contributed by atoms with van der Waals surface area (Å²) >= 11 is 9.12. The predicted molar refractivity (Wildman–Crippen MR) is 75.4 cm³/mol. The van der Waals surface area contributed by atoms with E-state index in [0.29, 0.717) is 17.3 Å². The molecular weight excluding hydrogens is 319 g/mol. The number of anilines is 1. The third-order valence-electron chi connectivity index (χ3n) is 2.52. The zero-order valence-electron chi connectivity index (χ0n) is 9.67. The van der Waals surface area contributed by atoms with Crippen molar-refractivity contribution in [2.75, 3.05) is 5.32 Å². The monoisotopic (exact) mass is 328 g/mol. The van der Waals surface area contributed by atoms with Crippen molar-refractivity contribution in [1.29, 1.82) is 0 Å². The maximum Gasteiger partial charge on any atom is 0.143 e. The Morgan fingerprint density at radius 1 is 1.39 bits per heavy atom. The Balaban J connectivity index is 2.06. The molecular formula is C13H11BrClFN2. The number of benzene rings is 1. The van der Waals surface area contributed by atoms with E-state index in [1.165, 1.54) is 6.07 Å². The maximum absolute atomic E-state index is 13.1. The fourth-order valence-corrected chi connectivity index (χ4v) is 1.99. The zero-order chi connectivity index (χ0) is 13.1. The van der Waals surface area contributed by atoms with E-state index in [4.69, 9.17) is 11.6 Å². The first-order valence-corrected chi connectivity index (χ1v) is 6.53. The summed E-state index contributed by atoms with van der Waals surface area (Å²) in [6, 6.07) is 6.91. The van der Waals surface area contributed by atoms with Gasteiger partial charge >= 0.3 is 0 Å². The number of pyridine rings is 1. The van der Waals surface area contributed by atoms with Crippen molar-refractivity contribution < 1.29 is 4.39 Å². The molecule has 0 radical (unpaired) electrons. The molecule has 0 amide bonds. The van der Waals surface area contributed by atoms with Gasteiger partial charge in [0.2, 0.25) is 0 Å². The lowest BCUT2D eigenvalue weighted by Gasteiger charge is -2.08. The highest BCUT2D eigenvalue weighted by Crippen LogP contribution is 2.23. The molecule has 0 unspecified atom stereocenters. The summed E-state index contributed by atoms with van der Waals surface area (Å²) in [4.78, 5) is 4.02. The maximum atomic E-state index is 13.1. The largest absolute Gasteiger partial charge is 0.380 e. The molecule has 0 atom stereocenters. The van der Waals surface area contributed by atoms with Crippen molar-refractivity contribution in [3.8, 4) is 0 Å². The minimum absolute atomic E-state index is 0.186. The predicted octanol–water partition coefficient (Wildman–Crippen LogP) is 4.56. The minimum Gasteiger partial charge on any atom is -0.380 e. The van der Waals surface area contributed by atoms with Gasteiger partial charge in [-0.25, -0.2) is 9.37 Å². The first-order chi connectivity index (χ1) is 8.56. The second-order valence-corrected chi connectivity index (χ2v) is 5.15. The van der Waals surface area contributed by atoms with Crippen molar-refractivity contribution in [3.63, 3.8) is 0 Å². The number of nitrogens with one attached hydrogen (secondary N) is 1. The number of aromatic nitrogens is 1. The van der Waals surface area contributed by atoms with Gasteiger partial charge in [-0.2, -0.15) is 0 Å². The van der Waals surface area contributed by atoms with E-state index in [1.807, 2.05) is 12.1 Å². The highest BCUT2D eigenvalue weighted by atomic mass is 79.9. The van der Waals surface area contributed by atoms with Crippen LogP contribution in [-0.4, -0.2) is 4.98 Å². The Morgan fingerprint density at radius 3 is 2.83 bits per heavy atom. The van der Waals surface area contributed by atoms with E-state index in [1.54, 1.807) is 19.2 Å². The molecule has 1 aromatic carbocycles. The summed E-state index contributed by atoms with van der Waals surface area (Å²) in [5.41, 5.74) is 2.51. The van der Waals surface area contributed by atoms with Gasteiger partial charge in [0.1, 0.15) is 11.0 Å². The smallest absolute Gasteiger partial charge is 0.143 e. The molecule has 0 fully saturated rings. The molecule has 0 aliphatic heterocycles. The van der Waals surface area contributed by atoms with E-state index in [9.17, 15) is 4.39 Å². The first kappa shape index (κ1) is 13.3. The highest BCUT2D eigenvalue weighted by molar-refractivity contribution is 9.10. The van der Waals surface area contributed by atoms with Crippen LogP contribution in [-0.2, 0) is 6.54 Å². The number of nitrogens with zero attached hydrogens (tertiary/aromatic N) is 1. The van der Waals surface area contributed by atoms with Crippen molar-refractivity contribution in [1.82, 2.24) is 4.98 Å². The molecule has 18 heavy (non-hydrogen) atoms. The molecule has 1 heterocycles. The molecule has 0 aliphatic rings. The van der Waals surface area contributed by atoms with Gasteiger partial charge in [0, 0.05) is 6.54 Å². The SMILES string of the molecule is Cc1cc(CNc2cnc(Cl)c(Br)c2)ccc1F. The van der Waals surface area contributed by atoms with Crippen LogP contribution in [0.2, 0.25) is 5.15 Å². The van der Waals surface area contributed by atoms with Crippen LogP contribution in [0.5, 0.6) is 0 Å². The number of halogens is 3. The van der Waals surface area contributed by atoms with Crippen LogP contribution in [0.15, 0.2) is 34.9 Å². The third kappa shape index (κ3) is 3.21. The Kier molecular flexibility index (Phi) is 4.19. The van der Waals surface area contributed by atoms with Crippen LogP contribution in [0.4, 0.5) is 10.1 Å². The highest BCUT2D eigenvalue weighted by Gasteiger charge is 2.02. The topological polar surface area (TPSA) is 24.9 Å². The van der Waals surface area contributed by atoms with E-state index in [0.717, 1.165) is 15.7 Å². The van der Waals surface area contributed by atoms with Crippen LogP contribution >= 0.6 is 27.5 Å². The van der Waals surface area contributed by atoms with Gasteiger partial charge in [-0.15, -0.1) is 0 Å². The lowest BCUT2D eigenvalue weighted by atomic mass is 10.1. The van der Waals surface area contributed by atoms with Gasteiger partial charge in [0.15, 0.2) is 0 Å². The van der Waals surface area contributed by atoms with Crippen molar-refractivity contribution in [2.45, 2.75) is 13.5 Å². The standard InChI is InChI=1S/C13H11BrClFN2/c1-8-4-9(2-3-12(8)16)6-17-10-5-11(14)13(15)18-7-10/h2-5,7,17H,6H2,1H3. The molecule has 0 saturated carbocycles. The lowest BCUT2D eigenvalue weighted by Crippen LogP contribution is -2.00. The molecule has 2 rings (SSSR count). The molecule has 2 aromatic rings. The average molecular weight is 330 g/mol. The van der Waals surface area contributed by atoms with Gasteiger partial charge in [0.25, 0.3) is 0 Å². The molecule has 0 spiro atoms. The fourth-order valence-electron chi connectivity index (χ4n) is 1.54. The molecule has 5 heteroatoms. The van der Waals surface area contributed by atoms with E-state index >= 15 is 0 Å². The van der Waals surface area contributed by atoms with Gasteiger partial charge < -0.3 is 5.32 Å². The molecule has 1 aromatic heterocycles. The van der Waals surface area contributed by atoms with Gasteiger partial charge in [-0.3, -0.25) is 0 Å². The quantitative estimate of drug-likeness (QED) is 0.835. The van der Waals surface area contributed by atoms with Crippen LogP contribution in [0.1, 0.15) is 11.1 Å². The number of aryl methyl sites for hydroxylation is 1. The first-order valence-electron chi connectivity index (χ1n) is 5.36. The average Bonchev–Trinajstić information content (AvgIpc) is 2.35. The number of rotatable bonds is 3. The van der Waals surface area contributed by atoms with Gasteiger partial charge in [-0.1, -0.05) is 23.7 Å². The Labute approximate surface area is 118 Å². The van der Waals surface area contributed by atoms with Crippen LogP contribution in [0.25, 0.3) is 0 Å². The minimum atomic E-state index is -0.186. The second kappa shape index (κ2) is 5.67. The Bertz CT molecular complexity index is 523. The Morgan fingerprint density at radius 2 is 2.17 bits per heavy atom. The summed E-state index contributed by atoms with van der Waals surface area (Å²) < 4.78 is 13.8. The molecule has 1 N–H and O–H groups in total. The molecule has 94 valence electrons. The van der Waals surface area contributed by atoms with Crippen LogP contribution in [0.3, 0.4) is 0 Å². The van der Waals surface area contributed by atoms with Crippen LogP contribution < -0.4 is 5.32 Å². The van der Waals surface area contributed by atoms with E-state index < -0.39 is 0 Å². The number of hydrogen-bond donors (Lipinski definition) is 1. The normalized spacial score (nSPS) is 10.4.